The number of hydrogen-bond donors (Lipinski definition) is 3. The highest BCUT2D eigenvalue weighted by Crippen LogP contribution is 2.29. The minimum Gasteiger partial charge on any atom is -0.478 e. The van der Waals surface area contributed by atoms with E-state index >= 15 is 0 Å². The summed E-state index contributed by atoms with van der Waals surface area (Å²) in [5, 5.41) is 12.2. The molecule has 0 aliphatic rings. The van der Waals surface area contributed by atoms with Gasteiger partial charge in [-0.2, -0.15) is 0 Å². The molecule has 0 unspecified atom stereocenters. The van der Waals surface area contributed by atoms with E-state index in [0.29, 0.717) is 24.5 Å². The molecule has 0 saturated heterocycles. The molecule has 0 aliphatic heterocycles. The summed E-state index contributed by atoms with van der Waals surface area (Å²) in [7, 11) is 1.56. The number of nitrogen functional groups attached to an aromatic ring is 1. The first kappa shape index (κ1) is 12.6. The molecular formula is C10H13ClN2O3. The van der Waals surface area contributed by atoms with Crippen molar-refractivity contribution in [3.63, 3.8) is 0 Å². The number of carboxylic acids is 1. The highest BCUT2D eigenvalue weighted by molar-refractivity contribution is 6.34. The lowest BCUT2D eigenvalue weighted by Crippen LogP contribution is -2.12. The van der Waals surface area contributed by atoms with Crippen LogP contribution in [0.25, 0.3) is 0 Å². The number of rotatable bonds is 5. The Morgan fingerprint density at radius 3 is 2.88 bits per heavy atom. The van der Waals surface area contributed by atoms with Crippen LogP contribution in [-0.4, -0.2) is 31.3 Å². The number of anilines is 2. The summed E-state index contributed by atoms with van der Waals surface area (Å²) >= 11 is 5.91. The highest BCUT2D eigenvalue weighted by atomic mass is 35.5. The van der Waals surface area contributed by atoms with Gasteiger partial charge in [0.05, 0.1) is 22.9 Å². The van der Waals surface area contributed by atoms with Gasteiger partial charge in [-0.05, 0) is 12.1 Å². The van der Waals surface area contributed by atoms with Crippen LogP contribution in [0.3, 0.4) is 0 Å². The van der Waals surface area contributed by atoms with Crippen LogP contribution < -0.4 is 11.1 Å². The van der Waals surface area contributed by atoms with Gasteiger partial charge >= 0.3 is 5.97 Å². The molecule has 88 valence electrons. The third-order valence-electron chi connectivity index (χ3n) is 1.95. The number of hydrogen-bond acceptors (Lipinski definition) is 4. The van der Waals surface area contributed by atoms with Gasteiger partial charge in [-0.25, -0.2) is 4.79 Å². The van der Waals surface area contributed by atoms with E-state index < -0.39 is 5.97 Å². The van der Waals surface area contributed by atoms with E-state index in [-0.39, 0.29) is 10.6 Å². The second-order valence-corrected chi connectivity index (χ2v) is 3.56. The van der Waals surface area contributed by atoms with Crippen molar-refractivity contribution >= 4 is 28.9 Å². The number of nitrogens with one attached hydrogen (secondary N) is 1. The van der Waals surface area contributed by atoms with Crippen LogP contribution in [0.1, 0.15) is 10.4 Å². The molecule has 0 bridgehead atoms. The third kappa shape index (κ3) is 3.01. The molecule has 4 N–H and O–H groups in total. The molecule has 0 aromatic heterocycles. The van der Waals surface area contributed by atoms with Crippen LogP contribution in [0.2, 0.25) is 5.02 Å². The molecule has 0 radical (unpaired) electrons. The van der Waals surface area contributed by atoms with E-state index in [1.54, 1.807) is 7.11 Å². The van der Waals surface area contributed by atoms with Crippen molar-refractivity contribution in [2.45, 2.75) is 0 Å². The fourth-order valence-corrected chi connectivity index (χ4v) is 1.55. The van der Waals surface area contributed by atoms with E-state index in [1.807, 2.05) is 0 Å². The Bertz CT molecular complexity index is 396. The van der Waals surface area contributed by atoms with E-state index in [2.05, 4.69) is 5.32 Å². The predicted molar refractivity (Wildman–Crippen MR) is 63.2 cm³/mol. The Morgan fingerprint density at radius 1 is 1.62 bits per heavy atom. The second kappa shape index (κ2) is 5.58. The molecule has 1 rings (SSSR count). The quantitative estimate of drug-likeness (QED) is 0.542. The highest BCUT2D eigenvalue weighted by Gasteiger charge is 2.14. The minimum absolute atomic E-state index is 0.0566. The topological polar surface area (TPSA) is 84.6 Å². The molecular weight excluding hydrogens is 232 g/mol. The molecule has 0 fully saturated rings. The molecule has 0 heterocycles. The summed E-state index contributed by atoms with van der Waals surface area (Å²) < 4.78 is 4.85. The monoisotopic (exact) mass is 244 g/mol. The Hall–Kier alpha value is -1.46. The molecule has 0 spiro atoms. The average molecular weight is 245 g/mol. The first-order valence-corrected chi connectivity index (χ1v) is 4.99. The van der Waals surface area contributed by atoms with Gasteiger partial charge in [-0.1, -0.05) is 11.6 Å². The summed E-state index contributed by atoms with van der Waals surface area (Å²) in [5.74, 6) is -1.07. The van der Waals surface area contributed by atoms with Gasteiger partial charge in [0, 0.05) is 19.3 Å². The van der Waals surface area contributed by atoms with E-state index in [1.165, 1.54) is 12.1 Å². The molecule has 1 aromatic carbocycles. The van der Waals surface area contributed by atoms with Gasteiger partial charge in [0.25, 0.3) is 0 Å². The number of nitrogens with two attached hydrogens (primary N) is 1. The van der Waals surface area contributed by atoms with E-state index in [0.717, 1.165) is 0 Å². The standard InChI is InChI=1S/C10H13ClN2O3/c1-16-3-2-13-9-7(10(14)15)4-6(12)5-8(9)11/h4-5,13H,2-3,12H2,1H3,(H,14,15). The summed E-state index contributed by atoms with van der Waals surface area (Å²) in [4.78, 5) is 11.0. The van der Waals surface area contributed by atoms with Crippen molar-refractivity contribution in [1.29, 1.82) is 0 Å². The molecule has 5 nitrogen and oxygen atoms in total. The zero-order chi connectivity index (χ0) is 12.1. The summed E-state index contributed by atoms with van der Waals surface area (Å²) in [6.07, 6.45) is 0. The molecule has 1 aromatic rings. The number of ether oxygens (including phenoxy) is 1. The number of aromatic carboxylic acids is 1. The zero-order valence-corrected chi connectivity index (χ0v) is 9.54. The molecule has 0 aliphatic carbocycles. The maximum absolute atomic E-state index is 11.0. The molecule has 0 saturated carbocycles. The van der Waals surface area contributed by atoms with E-state index in [9.17, 15) is 4.79 Å². The lowest BCUT2D eigenvalue weighted by molar-refractivity contribution is 0.0698. The number of benzene rings is 1. The van der Waals surface area contributed by atoms with Crippen LogP contribution in [0.4, 0.5) is 11.4 Å². The van der Waals surface area contributed by atoms with Crippen molar-refractivity contribution in [2.24, 2.45) is 0 Å². The molecule has 0 atom stereocenters. The van der Waals surface area contributed by atoms with Gasteiger partial charge in [-0.3, -0.25) is 0 Å². The van der Waals surface area contributed by atoms with Gasteiger partial charge < -0.3 is 20.9 Å². The molecule has 0 amide bonds. The van der Waals surface area contributed by atoms with Crippen molar-refractivity contribution in [2.75, 3.05) is 31.3 Å². The number of carbonyl (C=O) groups is 1. The number of carboxylic acid groups (broad SMARTS) is 1. The largest absolute Gasteiger partial charge is 0.478 e. The minimum atomic E-state index is -1.07. The Morgan fingerprint density at radius 2 is 2.31 bits per heavy atom. The van der Waals surface area contributed by atoms with E-state index in [4.69, 9.17) is 27.2 Å². The Labute approximate surface area is 98.2 Å². The average Bonchev–Trinajstić information content (AvgIpc) is 2.20. The first-order chi connectivity index (χ1) is 7.56. The van der Waals surface area contributed by atoms with Crippen molar-refractivity contribution in [1.82, 2.24) is 0 Å². The summed E-state index contributed by atoms with van der Waals surface area (Å²) in [6, 6.07) is 2.87. The summed E-state index contributed by atoms with van der Waals surface area (Å²) in [5.41, 5.74) is 6.26. The SMILES string of the molecule is COCCNc1c(Cl)cc(N)cc1C(=O)O. The molecule has 16 heavy (non-hydrogen) atoms. The van der Waals surface area contributed by atoms with Crippen LogP contribution >= 0.6 is 11.6 Å². The van der Waals surface area contributed by atoms with Crippen LogP contribution in [0, 0.1) is 0 Å². The maximum Gasteiger partial charge on any atom is 0.337 e. The van der Waals surface area contributed by atoms with Gasteiger partial charge in [0.15, 0.2) is 0 Å². The Balaban J connectivity index is 2.99. The zero-order valence-electron chi connectivity index (χ0n) is 8.79. The molecule has 6 heteroatoms. The lowest BCUT2D eigenvalue weighted by Gasteiger charge is -2.11. The smallest absolute Gasteiger partial charge is 0.337 e. The van der Waals surface area contributed by atoms with Gasteiger partial charge in [-0.15, -0.1) is 0 Å². The summed E-state index contributed by atoms with van der Waals surface area (Å²) in [6.45, 7) is 0.931. The third-order valence-corrected chi connectivity index (χ3v) is 2.25. The van der Waals surface area contributed by atoms with Crippen LogP contribution in [0.15, 0.2) is 12.1 Å². The Kier molecular flexibility index (Phi) is 4.39. The number of halogens is 1. The van der Waals surface area contributed by atoms with Gasteiger partial charge in [0.1, 0.15) is 0 Å². The number of methoxy groups -OCH3 is 1. The van der Waals surface area contributed by atoms with Crippen molar-refractivity contribution < 1.29 is 14.6 Å². The van der Waals surface area contributed by atoms with Crippen molar-refractivity contribution in [3.8, 4) is 0 Å². The maximum atomic E-state index is 11.0. The van der Waals surface area contributed by atoms with Crippen LogP contribution in [-0.2, 0) is 4.74 Å². The normalized spacial score (nSPS) is 10.1. The van der Waals surface area contributed by atoms with Gasteiger partial charge in [0.2, 0.25) is 0 Å². The first-order valence-electron chi connectivity index (χ1n) is 4.61. The lowest BCUT2D eigenvalue weighted by atomic mass is 10.1. The van der Waals surface area contributed by atoms with Crippen molar-refractivity contribution in [3.05, 3.63) is 22.7 Å². The second-order valence-electron chi connectivity index (χ2n) is 3.15. The van der Waals surface area contributed by atoms with Crippen LogP contribution in [0.5, 0.6) is 0 Å². The fraction of sp³-hybridized carbons (Fsp3) is 0.300. The predicted octanol–water partition coefficient (Wildman–Crippen LogP) is 1.68. The fourth-order valence-electron chi connectivity index (χ4n) is 1.25.